The van der Waals surface area contributed by atoms with E-state index in [0.717, 1.165) is 40.8 Å². The van der Waals surface area contributed by atoms with Crippen molar-refractivity contribution >= 4 is 46.6 Å². The predicted molar refractivity (Wildman–Crippen MR) is 131 cm³/mol. The van der Waals surface area contributed by atoms with E-state index in [1.54, 1.807) is 18.2 Å². The Bertz CT molecular complexity index is 1070. The first-order valence-electron chi connectivity index (χ1n) is 10.4. The number of aromatic nitrogens is 3. The van der Waals surface area contributed by atoms with Crippen molar-refractivity contribution < 1.29 is 9.53 Å². The maximum Gasteiger partial charge on any atom is 0.234 e. The van der Waals surface area contributed by atoms with Gasteiger partial charge in [-0.25, -0.2) is 0 Å². The third kappa shape index (κ3) is 6.89. The molecule has 3 rings (SSSR count). The standard InChI is InChI=1S/C23H26Cl2N4O2S/c1-4-29-21(6-5-9-31-20-8-7-17(24)13-19(20)25)27-28-23(29)32-14-22(30)26-18-11-15(2)10-16(3)12-18/h7-8,10-13H,4-6,9,14H2,1-3H3,(H,26,30). The Kier molecular flexibility index (Phi) is 8.84. The third-order valence-electron chi connectivity index (χ3n) is 4.64. The van der Waals surface area contributed by atoms with Crippen LogP contribution >= 0.6 is 35.0 Å². The first kappa shape index (κ1) is 24.4. The number of carbonyl (C=O) groups excluding carboxylic acids is 1. The molecule has 1 amide bonds. The Hall–Kier alpha value is -2.22. The molecular formula is C23H26Cl2N4O2S. The lowest BCUT2D eigenvalue weighted by molar-refractivity contribution is -0.113. The lowest BCUT2D eigenvalue weighted by Gasteiger charge is -2.10. The van der Waals surface area contributed by atoms with Crippen LogP contribution in [0.15, 0.2) is 41.6 Å². The average molecular weight is 493 g/mol. The van der Waals surface area contributed by atoms with E-state index in [1.807, 2.05) is 37.5 Å². The van der Waals surface area contributed by atoms with Crippen LogP contribution in [-0.4, -0.2) is 33.0 Å². The fraction of sp³-hybridized carbons (Fsp3) is 0.348. The van der Waals surface area contributed by atoms with Gasteiger partial charge in [0.1, 0.15) is 11.6 Å². The lowest BCUT2D eigenvalue weighted by atomic mass is 10.1. The molecule has 1 N–H and O–H groups in total. The molecule has 0 spiro atoms. The van der Waals surface area contributed by atoms with E-state index >= 15 is 0 Å². The second-order valence-electron chi connectivity index (χ2n) is 7.38. The van der Waals surface area contributed by atoms with Gasteiger partial charge in [0.05, 0.1) is 17.4 Å². The summed E-state index contributed by atoms with van der Waals surface area (Å²) >= 11 is 13.4. The summed E-state index contributed by atoms with van der Waals surface area (Å²) in [7, 11) is 0. The topological polar surface area (TPSA) is 69.0 Å². The van der Waals surface area contributed by atoms with Crippen molar-refractivity contribution in [2.24, 2.45) is 0 Å². The van der Waals surface area contributed by atoms with Crippen LogP contribution in [-0.2, 0) is 17.8 Å². The van der Waals surface area contributed by atoms with Gasteiger partial charge in [-0.15, -0.1) is 10.2 Å². The van der Waals surface area contributed by atoms with Crippen LogP contribution in [0.2, 0.25) is 10.0 Å². The van der Waals surface area contributed by atoms with Crippen molar-refractivity contribution in [3.05, 3.63) is 63.4 Å². The van der Waals surface area contributed by atoms with Gasteiger partial charge in [-0.05, 0) is 68.7 Å². The van der Waals surface area contributed by atoms with Gasteiger partial charge in [0.2, 0.25) is 5.91 Å². The van der Waals surface area contributed by atoms with Crippen molar-refractivity contribution in [1.29, 1.82) is 0 Å². The van der Waals surface area contributed by atoms with Crippen LogP contribution in [0.3, 0.4) is 0 Å². The maximum atomic E-state index is 12.4. The third-order valence-corrected chi connectivity index (χ3v) is 6.14. The number of amides is 1. The number of aryl methyl sites for hydroxylation is 3. The molecule has 1 heterocycles. The number of hydrogen-bond donors (Lipinski definition) is 1. The van der Waals surface area contributed by atoms with E-state index in [0.29, 0.717) is 28.8 Å². The highest BCUT2D eigenvalue weighted by Crippen LogP contribution is 2.27. The summed E-state index contributed by atoms with van der Waals surface area (Å²) < 4.78 is 7.77. The molecule has 2 aromatic carbocycles. The van der Waals surface area contributed by atoms with Crippen molar-refractivity contribution in [2.45, 2.75) is 45.3 Å². The Labute approximate surface area is 202 Å². The van der Waals surface area contributed by atoms with Crippen LogP contribution in [0.4, 0.5) is 5.69 Å². The number of halogens is 2. The van der Waals surface area contributed by atoms with Crippen molar-refractivity contribution in [1.82, 2.24) is 14.8 Å². The number of hydrogen-bond acceptors (Lipinski definition) is 5. The monoisotopic (exact) mass is 492 g/mol. The SMILES string of the molecule is CCn1c(CCCOc2ccc(Cl)cc2Cl)nnc1SCC(=O)Nc1cc(C)cc(C)c1. The molecule has 0 aliphatic carbocycles. The number of benzene rings is 2. The van der Waals surface area contributed by atoms with Crippen LogP contribution in [0.1, 0.15) is 30.3 Å². The minimum Gasteiger partial charge on any atom is -0.492 e. The normalized spacial score (nSPS) is 10.9. The number of nitrogens with one attached hydrogen (secondary N) is 1. The molecule has 3 aromatic rings. The minimum atomic E-state index is -0.0690. The minimum absolute atomic E-state index is 0.0690. The zero-order chi connectivity index (χ0) is 23.1. The van der Waals surface area contributed by atoms with Gasteiger partial charge < -0.3 is 14.6 Å². The Morgan fingerprint density at radius 3 is 2.56 bits per heavy atom. The molecule has 32 heavy (non-hydrogen) atoms. The van der Waals surface area contributed by atoms with E-state index in [9.17, 15) is 4.79 Å². The second-order valence-corrected chi connectivity index (χ2v) is 9.17. The number of anilines is 1. The second kappa shape index (κ2) is 11.6. The van der Waals surface area contributed by atoms with Crippen LogP contribution in [0.5, 0.6) is 5.75 Å². The van der Waals surface area contributed by atoms with E-state index in [2.05, 4.69) is 21.6 Å². The first-order chi connectivity index (χ1) is 15.4. The summed E-state index contributed by atoms with van der Waals surface area (Å²) in [6, 6.07) is 11.2. The van der Waals surface area contributed by atoms with Gasteiger partial charge in [0.25, 0.3) is 0 Å². The van der Waals surface area contributed by atoms with Crippen molar-refractivity contribution in [3.63, 3.8) is 0 Å². The van der Waals surface area contributed by atoms with E-state index in [4.69, 9.17) is 27.9 Å². The fourth-order valence-electron chi connectivity index (χ4n) is 3.31. The summed E-state index contributed by atoms with van der Waals surface area (Å²) in [6.45, 7) is 7.29. The van der Waals surface area contributed by atoms with Crippen LogP contribution in [0.25, 0.3) is 0 Å². The van der Waals surface area contributed by atoms with Crippen LogP contribution < -0.4 is 10.1 Å². The number of ether oxygens (including phenoxy) is 1. The van der Waals surface area contributed by atoms with E-state index in [1.165, 1.54) is 11.8 Å². The number of rotatable bonds is 10. The molecule has 0 fully saturated rings. The largest absolute Gasteiger partial charge is 0.492 e. The van der Waals surface area contributed by atoms with Crippen LogP contribution in [0, 0.1) is 13.8 Å². The summed E-state index contributed by atoms with van der Waals surface area (Å²) in [5, 5.41) is 13.3. The molecule has 0 radical (unpaired) electrons. The summed E-state index contributed by atoms with van der Waals surface area (Å²) in [4.78, 5) is 12.4. The molecule has 6 nitrogen and oxygen atoms in total. The van der Waals surface area contributed by atoms with Gasteiger partial charge >= 0.3 is 0 Å². The molecule has 170 valence electrons. The molecule has 0 saturated heterocycles. The van der Waals surface area contributed by atoms with Crippen molar-refractivity contribution in [2.75, 3.05) is 17.7 Å². The van der Waals surface area contributed by atoms with Gasteiger partial charge in [0, 0.05) is 23.7 Å². The maximum absolute atomic E-state index is 12.4. The highest BCUT2D eigenvalue weighted by molar-refractivity contribution is 7.99. The molecule has 0 saturated carbocycles. The molecule has 0 bridgehead atoms. The van der Waals surface area contributed by atoms with Gasteiger partial charge in [-0.2, -0.15) is 0 Å². The molecular weight excluding hydrogens is 467 g/mol. The Balaban J connectivity index is 1.50. The Morgan fingerprint density at radius 2 is 1.88 bits per heavy atom. The predicted octanol–water partition coefficient (Wildman–Crippen LogP) is 5.96. The Morgan fingerprint density at radius 1 is 1.12 bits per heavy atom. The summed E-state index contributed by atoms with van der Waals surface area (Å²) in [6.07, 6.45) is 1.47. The lowest BCUT2D eigenvalue weighted by Crippen LogP contribution is -2.15. The average Bonchev–Trinajstić information content (AvgIpc) is 3.12. The molecule has 0 unspecified atom stereocenters. The zero-order valence-corrected chi connectivity index (χ0v) is 20.7. The summed E-state index contributed by atoms with van der Waals surface area (Å²) in [5.74, 6) is 1.68. The quantitative estimate of drug-likeness (QED) is 0.279. The highest BCUT2D eigenvalue weighted by atomic mass is 35.5. The zero-order valence-electron chi connectivity index (χ0n) is 18.3. The highest BCUT2D eigenvalue weighted by Gasteiger charge is 2.13. The summed E-state index contributed by atoms with van der Waals surface area (Å²) in [5.41, 5.74) is 3.04. The number of carbonyl (C=O) groups is 1. The van der Waals surface area contributed by atoms with Gasteiger partial charge in [0.15, 0.2) is 5.16 Å². The van der Waals surface area contributed by atoms with E-state index in [-0.39, 0.29) is 11.7 Å². The molecule has 1 aromatic heterocycles. The van der Waals surface area contributed by atoms with Crippen molar-refractivity contribution in [3.8, 4) is 5.75 Å². The smallest absolute Gasteiger partial charge is 0.234 e. The van der Waals surface area contributed by atoms with Gasteiger partial charge in [-0.1, -0.05) is 41.0 Å². The first-order valence-corrected chi connectivity index (χ1v) is 12.1. The van der Waals surface area contributed by atoms with Gasteiger partial charge in [-0.3, -0.25) is 4.79 Å². The fourth-order valence-corrected chi connectivity index (χ4v) is 4.59. The molecule has 0 aliphatic rings. The molecule has 0 aliphatic heterocycles. The van der Waals surface area contributed by atoms with E-state index < -0.39 is 0 Å². The number of nitrogens with zero attached hydrogens (tertiary/aromatic N) is 3. The number of thioether (sulfide) groups is 1. The molecule has 9 heteroatoms. The molecule has 0 atom stereocenters.